The Hall–Kier alpha value is -1.80. The molecule has 2 aromatic heterocycles. The van der Waals surface area contributed by atoms with Gasteiger partial charge in [-0.05, 0) is 47.7 Å². The van der Waals surface area contributed by atoms with Crippen molar-refractivity contribution in [1.82, 2.24) is 20.0 Å². The van der Waals surface area contributed by atoms with Crippen molar-refractivity contribution in [2.75, 3.05) is 26.3 Å². The number of hydrogen-bond donors (Lipinski definition) is 0. The summed E-state index contributed by atoms with van der Waals surface area (Å²) >= 11 is 3.37. The molecule has 138 valence electrons. The Morgan fingerprint density at radius 1 is 1.19 bits per heavy atom. The molecule has 1 unspecified atom stereocenters. The van der Waals surface area contributed by atoms with Crippen LogP contribution in [0.25, 0.3) is 0 Å². The number of rotatable bonds is 3. The molecule has 2 aliphatic rings. The van der Waals surface area contributed by atoms with Gasteiger partial charge in [-0.15, -0.1) is 0 Å². The van der Waals surface area contributed by atoms with E-state index in [-0.39, 0.29) is 11.8 Å². The number of pyridine rings is 1. The molecular formula is C18H21BrN4O3. The lowest BCUT2D eigenvalue weighted by Gasteiger charge is -2.31. The first-order valence-corrected chi connectivity index (χ1v) is 9.81. The van der Waals surface area contributed by atoms with Crippen molar-refractivity contribution < 1.29 is 14.1 Å². The van der Waals surface area contributed by atoms with Crippen molar-refractivity contribution in [3.63, 3.8) is 0 Å². The first kappa shape index (κ1) is 17.6. The molecular weight excluding hydrogens is 400 g/mol. The van der Waals surface area contributed by atoms with Crippen LogP contribution in [-0.2, 0) is 4.74 Å². The summed E-state index contributed by atoms with van der Waals surface area (Å²) < 4.78 is 11.7. The molecule has 2 aliphatic heterocycles. The lowest BCUT2D eigenvalue weighted by molar-refractivity contribution is 0.0695. The summed E-state index contributed by atoms with van der Waals surface area (Å²) in [5, 5.41) is 4.19. The van der Waals surface area contributed by atoms with Gasteiger partial charge in [-0.25, -0.2) is 0 Å². The van der Waals surface area contributed by atoms with E-state index in [0.717, 1.165) is 55.7 Å². The molecule has 1 atom stereocenters. The molecule has 1 amide bonds. The molecule has 4 heterocycles. The van der Waals surface area contributed by atoms with Gasteiger partial charge >= 0.3 is 0 Å². The van der Waals surface area contributed by atoms with E-state index in [4.69, 9.17) is 9.26 Å². The van der Waals surface area contributed by atoms with Gasteiger partial charge in [-0.1, -0.05) is 5.16 Å². The van der Waals surface area contributed by atoms with Crippen molar-refractivity contribution in [2.45, 2.75) is 37.5 Å². The lowest BCUT2D eigenvalue weighted by atomic mass is 9.97. The Bertz CT molecular complexity index is 775. The van der Waals surface area contributed by atoms with Crippen LogP contribution in [0.1, 0.15) is 59.6 Å². The Morgan fingerprint density at radius 2 is 2.04 bits per heavy atom. The zero-order chi connectivity index (χ0) is 17.9. The van der Waals surface area contributed by atoms with Crippen LogP contribution in [-0.4, -0.2) is 52.2 Å². The molecule has 2 fully saturated rings. The van der Waals surface area contributed by atoms with E-state index >= 15 is 0 Å². The SMILES string of the molecule is O=C(c1cncc(Br)c1)N1CCCC(c2nc(C3CCOCC3)no2)C1. The van der Waals surface area contributed by atoms with Crippen molar-refractivity contribution >= 4 is 21.8 Å². The molecule has 8 heteroatoms. The van der Waals surface area contributed by atoms with E-state index in [9.17, 15) is 4.79 Å². The number of aromatic nitrogens is 3. The van der Waals surface area contributed by atoms with Gasteiger partial charge in [0.1, 0.15) is 0 Å². The van der Waals surface area contributed by atoms with Crippen LogP contribution >= 0.6 is 15.9 Å². The number of hydrogen-bond acceptors (Lipinski definition) is 6. The maximum absolute atomic E-state index is 12.8. The molecule has 0 N–H and O–H groups in total. The van der Waals surface area contributed by atoms with Gasteiger partial charge in [0.05, 0.1) is 11.5 Å². The monoisotopic (exact) mass is 420 g/mol. The minimum Gasteiger partial charge on any atom is -0.381 e. The third-order valence-corrected chi connectivity index (χ3v) is 5.49. The summed E-state index contributed by atoms with van der Waals surface area (Å²) in [4.78, 5) is 23.4. The maximum atomic E-state index is 12.8. The molecule has 0 aliphatic carbocycles. The average Bonchev–Trinajstić information content (AvgIpc) is 3.18. The van der Waals surface area contributed by atoms with Crippen molar-refractivity contribution in [2.24, 2.45) is 0 Å². The summed E-state index contributed by atoms with van der Waals surface area (Å²) in [6.45, 7) is 2.84. The second-order valence-electron chi connectivity index (χ2n) is 6.86. The molecule has 7 nitrogen and oxygen atoms in total. The van der Waals surface area contributed by atoms with Gasteiger partial charge in [0, 0.05) is 49.1 Å². The summed E-state index contributed by atoms with van der Waals surface area (Å²) in [6, 6.07) is 1.80. The number of nitrogens with zero attached hydrogens (tertiary/aromatic N) is 4. The van der Waals surface area contributed by atoms with Crippen LogP contribution in [0.15, 0.2) is 27.5 Å². The highest BCUT2D eigenvalue weighted by Gasteiger charge is 2.30. The van der Waals surface area contributed by atoms with Gasteiger partial charge in [0.2, 0.25) is 5.89 Å². The van der Waals surface area contributed by atoms with Crippen LogP contribution < -0.4 is 0 Å². The Morgan fingerprint density at radius 3 is 2.85 bits per heavy atom. The zero-order valence-electron chi connectivity index (χ0n) is 14.4. The second-order valence-corrected chi connectivity index (χ2v) is 7.78. The van der Waals surface area contributed by atoms with E-state index in [2.05, 4.69) is 31.1 Å². The molecule has 26 heavy (non-hydrogen) atoms. The smallest absolute Gasteiger partial charge is 0.255 e. The van der Waals surface area contributed by atoms with Crippen molar-refractivity contribution in [3.8, 4) is 0 Å². The zero-order valence-corrected chi connectivity index (χ0v) is 16.0. The van der Waals surface area contributed by atoms with E-state index in [1.54, 1.807) is 18.5 Å². The Balaban J connectivity index is 1.45. The summed E-state index contributed by atoms with van der Waals surface area (Å²) in [7, 11) is 0. The quantitative estimate of drug-likeness (QED) is 0.758. The molecule has 4 rings (SSSR count). The van der Waals surface area contributed by atoms with Gasteiger partial charge in [-0.2, -0.15) is 4.98 Å². The van der Waals surface area contributed by atoms with Gasteiger partial charge in [-0.3, -0.25) is 9.78 Å². The van der Waals surface area contributed by atoms with Gasteiger partial charge in [0.15, 0.2) is 5.82 Å². The second kappa shape index (κ2) is 7.84. The highest BCUT2D eigenvalue weighted by atomic mass is 79.9. The standard InChI is InChI=1S/C18H21BrN4O3/c19-15-8-14(9-20-10-15)18(24)23-5-1-2-13(11-23)17-21-16(22-26-17)12-3-6-25-7-4-12/h8-10,12-13H,1-7,11H2. The fourth-order valence-corrected chi connectivity index (χ4v) is 3.97. The van der Waals surface area contributed by atoms with E-state index in [0.29, 0.717) is 23.9 Å². The molecule has 0 radical (unpaired) electrons. The lowest BCUT2D eigenvalue weighted by Crippen LogP contribution is -2.39. The average molecular weight is 421 g/mol. The molecule has 0 saturated carbocycles. The number of likely N-dealkylation sites (tertiary alicyclic amines) is 1. The van der Waals surface area contributed by atoms with Crippen LogP contribution in [0, 0.1) is 0 Å². The fourth-order valence-electron chi connectivity index (χ4n) is 3.61. The summed E-state index contributed by atoms with van der Waals surface area (Å²) in [6.07, 6.45) is 7.02. The first-order chi connectivity index (χ1) is 12.7. The molecule has 0 bridgehead atoms. The third kappa shape index (κ3) is 3.81. The largest absolute Gasteiger partial charge is 0.381 e. The number of carbonyl (C=O) groups is 1. The highest BCUT2D eigenvalue weighted by Crippen LogP contribution is 2.30. The number of halogens is 1. The number of piperidine rings is 1. The van der Waals surface area contributed by atoms with Crippen LogP contribution in [0.3, 0.4) is 0 Å². The molecule has 0 spiro atoms. The minimum atomic E-state index is -0.00679. The first-order valence-electron chi connectivity index (χ1n) is 9.02. The summed E-state index contributed by atoms with van der Waals surface area (Å²) in [5.74, 6) is 1.83. The van der Waals surface area contributed by atoms with Crippen LogP contribution in [0.5, 0.6) is 0 Å². The maximum Gasteiger partial charge on any atom is 0.255 e. The number of amides is 1. The third-order valence-electron chi connectivity index (χ3n) is 5.05. The fraction of sp³-hybridized carbons (Fsp3) is 0.556. The molecule has 2 aromatic rings. The van der Waals surface area contributed by atoms with Gasteiger partial charge in [0.25, 0.3) is 5.91 Å². The van der Waals surface area contributed by atoms with Gasteiger partial charge < -0.3 is 14.2 Å². The van der Waals surface area contributed by atoms with Crippen molar-refractivity contribution in [3.05, 3.63) is 40.2 Å². The normalized spacial score (nSPS) is 21.7. The number of ether oxygens (including phenoxy) is 1. The highest BCUT2D eigenvalue weighted by molar-refractivity contribution is 9.10. The predicted molar refractivity (Wildman–Crippen MR) is 96.9 cm³/mol. The van der Waals surface area contributed by atoms with Crippen molar-refractivity contribution in [1.29, 1.82) is 0 Å². The Kier molecular flexibility index (Phi) is 5.31. The van der Waals surface area contributed by atoms with Crippen LogP contribution in [0.4, 0.5) is 0 Å². The topological polar surface area (TPSA) is 81.4 Å². The van der Waals surface area contributed by atoms with E-state index < -0.39 is 0 Å². The molecule has 2 saturated heterocycles. The van der Waals surface area contributed by atoms with Crippen LogP contribution in [0.2, 0.25) is 0 Å². The predicted octanol–water partition coefficient (Wildman–Crippen LogP) is 3.14. The number of carbonyl (C=O) groups excluding carboxylic acids is 1. The van der Waals surface area contributed by atoms with E-state index in [1.807, 2.05) is 4.90 Å². The minimum absolute atomic E-state index is 0.00679. The van der Waals surface area contributed by atoms with E-state index in [1.165, 1.54) is 0 Å². The molecule has 0 aromatic carbocycles. The Labute approximate surface area is 160 Å². The summed E-state index contributed by atoms with van der Waals surface area (Å²) in [5.41, 5.74) is 0.591.